The quantitative estimate of drug-likeness (QED) is 0.178. The van der Waals surface area contributed by atoms with Crippen molar-refractivity contribution in [3.63, 3.8) is 0 Å². The number of amides is 1. The Morgan fingerprint density at radius 2 is 1.93 bits per heavy atom. The van der Waals surface area contributed by atoms with Gasteiger partial charge in [-0.05, 0) is 50.1 Å². The summed E-state index contributed by atoms with van der Waals surface area (Å²) >= 11 is 6.59. The Morgan fingerprint density at radius 1 is 1.11 bits per heavy atom. The topological polar surface area (TPSA) is 119 Å². The SMILES string of the molecule is C=CC(=O)N1CCC(Nc2cc3c(Nc4ccc(Oc5ccn(-c6cc(F)c(C)cn6)n5)c(Cl)c4)ncnc3cc2OC)CC1. The second-order valence-electron chi connectivity index (χ2n) is 10.5. The molecule has 2 N–H and O–H groups in total. The third kappa shape index (κ3) is 6.50. The molecule has 0 saturated carbocycles. The van der Waals surface area contributed by atoms with Crippen LogP contribution in [-0.2, 0) is 4.79 Å². The molecule has 45 heavy (non-hydrogen) atoms. The zero-order valence-corrected chi connectivity index (χ0v) is 25.4. The standard InChI is InChI=1S/C32H30ClFN8O3/c1-4-31(43)41-10-7-20(8-11-41)38-26-14-22-25(16-28(26)44-3)36-18-37-32(22)39-21-5-6-27(23(33)13-21)45-30-9-12-42(40-30)29-15-24(34)19(2)17-35-29/h4-6,9,12-18,20,38H,1,7-8,10-11H2,2-3H3,(H,36,37,39). The number of hydrogen-bond donors (Lipinski definition) is 2. The van der Waals surface area contributed by atoms with Crippen LogP contribution in [0, 0.1) is 12.7 Å². The predicted octanol–water partition coefficient (Wildman–Crippen LogP) is 6.44. The lowest BCUT2D eigenvalue weighted by Crippen LogP contribution is -2.41. The Morgan fingerprint density at radius 3 is 2.67 bits per heavy atom. The third-order valence-corrected chi connectivity index (χ3v) is 7.82. The van der Waals surface area contributed by atoms with Crippen molar-refractivity contribution < 1.29 is 18.7 Å². The first kappa shape index (κ1) is 29.8. The first-order valence-corrected chi connectivity index (χ1v) is 14.6. The molecule has 2 aromatic carbocycles. The van der Waals surface area contributed by atoms with Crippen LogP contribution in [0.4, 0.5) is 21.6 Å². The zero-order chi connectivity index (χ0) is 31.5. The first-order valence-electron chi connectivity index (χ1n) is 14.2. The summed E-state index contributed by atoms with van der Waals surface area (Å²) in [6, 6.07) is 12.2. The van der Waals surface area contributed by atoms with Gasteiger partial charge in [0.1, 0.15) is 29.5 Å². The number of piperidine rings is 1. The number of aryl methyl sites for hydroxylation is 1. The van der Waals surface area contributed by atoms with Gasteiger partial charge in [-0.2, -0.15) is 0 Å². The molecule has 1 fully saturated rings. The van der Waals surface area contributed by atoms with E-state index in [9.17, 15) is 9.18 Å². The van der Waals surface area contributed by atoms with Crippen LogP contribution in [0.5, 0.6) is 17.4 Å². The molecule has 0 atom stereocenters. The normalized spacial score (nSPS) is 13.5. The molecular formula is C32H30ClFN8O3. The van der Waals surface area contributed by atoms with E-state index in [1.807, 2.05) is 18.2 Å². The van der Waals surface area contributed by atoms with Crippen molar-refractivity contribution in [2.45, 2.75) is 25.8 Å². The van der Waals surface area contributed by atoms with E-state index in [1.54, 1.807) is 43.3 Å². The van der Waals surface area contributed by atoms with E-state index in [0.717, 1.165) is 23.9 Å². The molecule has 230 valence electrons. The fourth-order valence-corrected chi connectivity index (χ4v) is 5.29. The number of rotatable bonds is 9. The van der Waals surface area contributed by atoms with Crippen LogP contribution in [0.1, 0.15) is 18.4 Å². The smallest absolute Gasteiger partial charge is 0.245 e. The maximum Gasteiger partial charge on any atom is 0.245 e. The Kier molecular flexibility index (Phi) is 8.47. The lowest BCUT2D eigenvalue weighted by Gasteiger charge is -2.32. The second kappa shape index (κ2) is 12.8. The van der Waals surface area contributed by atoms with Crippen molar-refractivity contribution >= 4 is 45.6 Å². The number of nitrogens with one attached hydrogen (secondary N) is 2. The highest BCUT2D eigenvalue weighted by Crippen LogP contribution is 2.36. The van der Waals surface area contributed by atoms with Gasteiger partial charge in [0.25, 0.3) is 0 Å². The van der Waals surface area contributed by atoms with Crippen LogP contribution in [0.3, 0.4) is 0 Å². The van der Waals surface area contributed by atoms with Crippen molar-refractivity contribution in [3.8, 4) is 23.2 Å². The van der Waals surface area contributed by atoms with Crippen LogP contribution in [-0.4, -0.2) is 61.8 Å². The summed E-state index contributed by atoms with van der Waals surface area (Å²) in [7, 11) is 1.62. The number of carbonyl (C=O) groups excluding carboxylic acids is 1. The van der Waals surface area contributed by atoms with Gasteiger partial charge in [0.2, 0.25) is 11.8 Å². The molecule has 1 saturated heterocycles. The molecule has 3 aromatic heterocycles. The van der Waals surface area contributed by atoms with Crippen LogP contribution < -0.4 is 20.1 Å². The minimum absolute atomic E-state index is 0.0476. The second-order valence-corrected chi connectivity index (χ2v) is 10.9. The molecular weight excluding hydrogens is 599 g/mol. The summed E-state index contributed by atoms with van der Waals surface area (Å²) in [5.41, 5.74) is 2.64. The number of anilines is 3. The first-order chi connectivity index (χ1) is 21.8. The molecule has 0 radical (unpaired) electrons. The van der Waals surface area contributed by atoms with Gasteiger partial charge >= 0.3 is 0 Å². The van der Waals surface area contributed by atoms with Crippen LogP contribution >= 0.6 is 11.6 Å². The number of methoxy groups -OCH3 is 1. The number of pyridine rings is 1. The lowest BCUT2D eigenvalue weighted by atomic mass is 10.0. The Labute approximate surface area is 263 Å². The van der Waals surface area contributed by atoms with Crippen LogP contribution in [0.25, 0.3) is 16.7 Å². The number of hydrogen-bond acceptors (Lipinski definition) is 9. The number of likely N-dealkylation sites (tertiary alicyclic amines) is 1. The third-order valence-electron chi connectivity index (χ3n) is 7.53. The number of ether oxygens (including phenoxy) is 2. The summed E-state index contributed by atoms with van der Waals surface area (Å²) in [5, 5.41) is 12.4. The van der Waals surface area contributed by atoms with Crippen LogP contribution in [0.15, 0.2) is 73.8 Å². The number of aromatic nitrogens is 5. The lowest BCUT2D eigenvalue weighted by molar-refractivity contribution is -0.126. The van der Waals surface area contributed by atoms with Crippen molar-refractivity contribution in [2.75, 3.05) is 30.8 Å². The van der Waals surface area contributed by atoms with Crippen molar-refractivity contribution in [2.24, 2.45) is 0 Å². The van der Waals surface area contributed by atoms with Gasteiger partial charge in [0.15, 0.2) is 5.82 Å². The molecule has 5 aromatic rings. The highest BCUT2D eigenvalue weighted by atomic mass is 35.5. The number of carbonyl (C=O) groups is 1. The molecule has 6 rings (SSSR count). The van der Waals surface area contributed by atoms with Gasteiger partial charge < -0.3 is 25.0 Å². The van der Waals surface area contributed by atoms with E-state index in [0.29, 0.717) is 58.0 Å². The van der Waals surface area contributed by atoms with Gasteiger partial charge in [-0.3, -0.25) is 4.79 Å². The van der Waals surface area contributed by atoms with E-state index < -0.39 is 0 Å². The monoisotopic (exact) mass is 628 g/mol. The van der Waals surface area contributed by atoms with E-state index in [4.69, 9.17) is 21.1 Å². The van der Waals surface area contributed by atoms with Gasteiger partial charge in [0.05, 0.1) is 23.3 Å². The average Bonchev–Trinajstić information content (AvgIpc) is 3.52. The van der Waals surface area contributed by atoms with Gasteiger partial charge in [-0.25, -0.2) is 24.0 Å². The Balaban J connectivity index is 1.18. The molecule has 1 aliphatic heterocycles. The number of halogens is 2. The molecule has 0 unspecified atom stereocenters. The van der Waals surface area contributed by atoms with Gasteiger partial charge in [-0.15, -0.1) is 5.10 Å². The highest BCUT2D eigenvalue weighted by molar-refractivity contribution is 6.32. The highest BCUT2D eigenvalue weighted by Gasteiger charge is 2.23. The molecule has 1 amide bonds. The summed E-state index contributed by atoms with van der Waals surface area (Å²) in [5.74, 6) is 1.82. The van der Waals surface area contributed by atoms with Crippen molar-refractivity contribution in [1.29, 1.82) is 0 Å². The maximum atomic E-state index is 14.0. The van der Waals surface area contributed by atoms with Crippen molar-refractivity contribution in [3.05, 3.63) is 90.2 Å². The van der Waals surface area contributed by atoms with Crippen molar-refractivity contribution in [1.82, 2.24) is 29.6 Å². The predicted molar refractivity (Wildman–Crippen MR) is 170 cm³/mol. The largest absolute Gasteiger partial charge is 0.495 e. The Bertz CT molecular complexity index is 1890. The minimum Gasteiger partial charge on any atom is -0.495 e. The van der Waals surface area contributed by atoms with Gasteiger partial charge in [0, 0.05) is 66.4 Å². The van der Waals surface area contributed by atoms with E-state index in [1.165, 1.54) is 29.3 Å². The van der Waals surface area contributed by atoms with E-state index in [-0.39, 0.29) is 23.6 Å². The number of fused-ring (bicyclic) bond motifs is 1. The zero-order valence-electron chi connectivity index (χ0n) is 24.6. The molecule has 0 spiro atoms. The molecule has 4 heterocycles. The summed E-state index contributed by atoms with van der Waals surface area (Å²) in [6.07, 6.45) is 7.50. The molecule has 0 aliphatic carbocycles. The summed E-state index contributed by atoms with van der Waals surface area (Å²) < 4.78 is 27.0. The maximum absolute atomic E-state index is 14.0. The molecule has 1 aliphatic rings. The van der Waals surface area contributed by atoms with Gasteiger partial charge in [-0.1, -0.05) is 18.2 Å². The minimum atomic E-state index is -0.369. The fraction of sp³-hybridized carbons (Fsp3) is 0.219. The number of nitrogens with zero attached hydrogens (tertiary/aromatic N) is 6. The van der Waals surface area contributed by atoms with E-state index >= 15 is 0 Å². The van der Waals surface area contributed by atoms with Crippen LogP contribution in [0.2, 0.25) is 5.02 Å². The van der Waals surface area contributed by atoms with E-state index in [2.05, 4.69) is 37.3 Å². The molecule has 0 bridgehead atoms. The molecule has 11 nitrogen and oxygen atoms in total. The average molecular weight is 629 g/mol. The summed E-state index contributed by atoms with van der Waals surface area (Å²) in [4.78, 5) is 26.9. The molecule has 13 heteroatoms. The Hall–Kier alpha value is -5.23. The fourth-order valence-electron chi connectivity index (χ4n) is 5.07. The number of benzene rings is 2. The summed E-state index contributed by atoms with van der Waals surface area (Å²) in [6.45, 7) is 6.53.